The van der Waals surface area contributed by atoms with Gasteiger partial charge in [-0.05, 0) is 12.8 Å². The first-order valence-corrected chi connectivity index (χ1v) is 9.41. The molecule has 1 aromatic rings. The minimum absolute atomic E-state index is 0.209. The van der Waals surface area contributed by atoms with Gasteiger partial charge in [-0.25, -0.2) is 9.97 Å². The Kier molecular flexibility index (Phi) is 4.74. The maximum absolute atomic E-state index is 12.9. The average Bonchev–Trinajstić information content (AvgIpc) is 2.79. The molecule has 2 fully saturated rings. The standard InChI is InChI=1S/C18H27N5O2/c1-21-12-16(24)23(14-5-3-2-4-6-14)11-15-17(21)19-13-20-18(15)22-7-9-25-10-8-22/h13-14H,2-12H2,1H3. The van der Waals surface area contributed by atoms with Crippen LogP contribution in [-0.2, 0) is 16.1 Å². The SMILES string of the molecule is CN1CC(=O)N(C2CCCCC2)Cc2c1ncnc2N1CCOCC1. The molecule has 3 heterocycles. The van der Waals surface area contributed by atoms with Gasteiger partial charge in [0.2, 0.25) is 5.91 Å². The van der Waals surface area contributed by atoms with Gasteiger partial charge in [0.05, 0.1) is 31.9 Å². The van der Waals surface area contributed by atoms with Crippen molar-refractivity contribution < 1.29 is 9.53 Å². The fraction of sp³-hybridized carbons (Fsp3) is 0.722. The summed E-state index contributed by atoms with van der Waals surface area (Å²) in [5.41, 5.74) is 1.09. The zero-order valence-electron chi connectivity index (χ0n) is 15.0. The number of aromatic nitrogens is 2. The van der Waals surface area contributed by atoms with Crippen molar-refractivity contribution in [1.29, 1.82) is 0 Å². The maximum Gasteiger partial charge on any atom is 0.242 e. The van der Waals surface area contributed by atoms with E-state index in [0.717, 1.165) is 56.3 Å². The number of rotatable bonds is 2. The first kappa shape index (κ1) is 16.6. The molecule has 1 saturated carbocycles. The molecule has 0 aromatic carbocycles. The van der Waals surface area contributed by atoms with Crippen molar-refractivity contribution in [2.75, 3.05) is 49.7 Å². The van der Waals surface area contributed by atoms with Crippen LogP contribution in [0.5, 0.6) is 0 Å². The summed E-state index contributed by atoms with van der Waals surface area (Å²) in [7, 11) is 1.96. The molecule has 3 aliphatic rings. The molecule has 7 nitrogen and oxygen atoms in total. The number of fused-ring (bicyclic) bond motifs is 1. The maximum atomic E-state index is 12.9. The van der Waals surface area contributed by atoms with Crippen LogP contribution >= 0.6 is 0 Å². The summed E-state index contributed by atoms with van der Waals surface area (Å²) in [4.78, 5) is 28.3. The number of ether oxygens (including phenoxy) is 1. The zero-order chi connectivity index (χ0) is 17.2. The molecule has 0 unspecified atom stereocenters. The second-order valence-electron chi connectivity index (χ2n) is 7.27. The van der Waals surface area contributed by atoms with Crippen molar-refractivity contribution in [3.63, 3.8) is 0 Å². The smallest absolute Gasteiger partial charge is 0.242 e. The van der Waals surface area contributed by atoms with Crippen LogP contribution in [0.25, 0.3) is 0 Å². The highest BCUT2D eigenvalue weighted by atomic mass is 16.5. The monoisotopic (exact) mass is 345 g/mol. The molecular formula is C18H27N5O2. The van der Waals surface area contributed by atoms with Crippen molar-refractivity contribution in [3.05, 3.63) is 11.9 Å². The summed E-state index contributed by atoms with van der Waals surface area (Å²) in [5, 5.41) is 0. The van der Waals surface area contributed by atoms with E-state index in [-0.39, 0.29) is 5.91 Å². The number of carbonyl (C=O) groups is 1. The van der Waals surface area contributed by atoms with E-state index in [9.17, 15) is 4.79 Å². The molecule has 1 saturated heterocycles. The van der Waals surface area contributed by atoms with Gasteiger partial charge in [-0.1, -0.05) is 19.3 Å². The van der Waals surface area contributed by atoms with Gasteiger partial charge < -0.3 is 19.4 Å². The number of nitrogens with zero attached hydrogens (tertiary/aromatic N) is 5. The summed E-state index contributed by atoms with van der Waals surface area (Å²) < 4.78 is 5.48. The van der Waals surface area contributed by atoms with Crippen LogP contribution < -0.4 is 9.80 Å². The lowest BCUT2D eigenvalue weighted by Crippen LogP contribution is -2.43. The minimum Gasteiger partial charge on any atom is -0.378 e. The highest BCUT2D eigenvalue weighted by Crippen LogP contribution is 2.33. The van der Waals surface area contributed by atoms with Crippen LogP contribution in [0, 0.1) is 0 Å². The summed E-state index contributed by atoms with van der Waals surface area (Å²) in [5.74, 6) is 2.07. The highest BCUT2D eigenvalue weighted by molar-refractivity contribution is 5.84. The molecule has 4 rings (SSSR count). The molecule has 0 atom stereocenters. The van der Waals surface area contributed by atoms with E-state index in [1.807, 2.05) is 11.9 Å². The fourth-order valence-corrected chi connectivity index (χ4v) is 4.26. The Morgan fingerprint density at radius 2 is 1.76 bits per heavy atom. The van der Waals surface area contributed by atoms with Crippen LogP contribution in [0.3, 0.4) is 0 Å². The van der Waals surface area contributed by atoms with Gasteiger partial charge in [0.15, 0.2) is 0 Å². The second-order valence-corrected chi connectivity index (χ2v) is 7.27. The van der Waals surface area contributed by atoms with Crippen LogP contribution in [0.2, 0.25) is 0 Å². The summed E-state index contributed by atoms with van der Waals surface area (Å²) >= 11 is 0. The molecule has 0 N–H and O–H groups in total. The van der Waals surface area contributed by atoms with Crippen LogP contribution in [-0.4, -0.2) is 66.7 Å². The summed E-state index contributed by atoms with van der Waals surface area (Å²) in [6.07, 6.45) is 7.59. The van der Waals surface area contributed by atoms with Gasteiger partial charge in [0.1, 0.15) is 18.0 Å². The van der Waals surface area contributed by atoms with Gasteiger partial charge in [-0.15, -0.1) is 0 Å². The predicted octanol–water partition coefficient (Wildman–Crippen LogP) is 1.42. The number of hydrogen-bond acceptors (Lipinski definition) is 6. The Bertz CT molecular complexity index is 626. The fourth-order valence-electron chi connectivity index (χ4n) is 4.26. The zero-order valence-corrected chi connectivity index (χ0v) is 15.0. The Morgan fingerprint density at radius 1 is 1.04 bits per heavy atom. The van der Waals surface area contributed by atoms with Crippen LogP contribution in [0.1, 0.15) is 37.7 Å². The Balaban J connectivity index is 1.68. The molecular weight excluding hydrogens is 318 g/mol. The van der Waals surface area contributed by atoms with Gasteiger partial charge in [0.25, 0.3) is 0 Å². The number of hydrogen-bond donors (Lipinski definition) is 0. The van der Waals surface area contributed by atoms with E-state index in [1.165, 1.54) is 19.3 Å². The van der Waals surface area contributed by atoms with E-state index in [1.54, 1.807) is 6.33 Å². The predicted molar refractivity (Wildman–Crippen MR) is 95.8 cm³/mol. The number of carbonyl (C=O) groups excluding carboxylic acids is 1. The molecule has 0 spiro atoms. The Hall–Kier alpha value is -1.89. The first-order chi connectivity index (χ1) is 12.2. The quantitative estimate of drug-likeness (QED) is 0.808. The molecule has 1 aliphatic carbocycles. The third-order valence-corrected chi connectivity index (χ3v) is 5.61. The molecule has 2 aliphatic heterocycles. The largest absolute Gasteiger partial charge is 0.378 e. The van der Waals surface area contributed by atoms with Crippen molar-refractivity contribution >= 4 is 17.5 Å². The lowest BCUT2D eigenvalue weighted by atomic mass is 9.94. The third kappa shape index (κ3) is 3.29. The normalized spacial score (nSPS) is 22.8. The second kappa shape index (κ2) is 7.15. The van der Waals surface area contributed by atoms with Gasteiger partial charge in [-0.3, -0.25) is 4.79 Å². The Morgan fingerprint density at radius 3 is 2.52 bits per heavy atom. The Labute approximate surface area is 149 Å². The highest BCUT2D eigenvalue weighted by Gasteiger charge is 2.33. The van der Waals surface area contributed by atoms with Crippen molar-refractivity contribution in [1.82, 2.24) is 14.9 Å². The van der Waals surface area contributed by atoms with Crippen LogP contribution in [0.15, 0.2) is 6.33 Å². The number of amides is 1. The topological polar surface area (TPSA) is 61.8 Å². The minimum atomic E-state index is 0.209. The van der Waals surface area contributed by atoms with E-state index >= 15 is 0 Å². The number of morpholine rings is 1. The van der Waals surface area contributed by atoms with Crippen molar-refractivity contribution in [2.24, 2.45) is 0 Å². The molecule has 7 heteroatoms. The van der Waals surface area contributed by atoms with Gasteiger partial charge >= 0.3 is 0 Å². The van der Waals surface area contributed by atoms with Crippen LogP contribution in [0.4, 0.5) is 11.6 Å². The van der Waals surface area contributed by atoms with E-state index in [2.05, 4.69) is 19.8 Å². The van der Waals surface area contributed by atoms with E-state index < -0.39 is 0 Å². The van der Waals surface area contributed by atoms with Crippen molar-refractivity contribution in [3.8, 4) is 0 Å². The third-order valence-electron chi connectivity index (χ3n) is 5.61. The van der Waals surface area contributed by atoms with E-state index in [0.29, 0.717) is 19.1 Å². The van der Waals surface area contributed by atoms with Crippen molar-refractivity contribution in [2.45, 2.75) is 44.7 Å². The average molecular weight is 345 g/mol. The molecule has 25 heavy (non-hydrogen) atoms. The number of likely N-dealkylation sites (N-methyl/N-ethyl adjacent to an activating group) is 1. The van der Waals surface area contributed by atoms with Gasteiger partial charge in [0, 0.05) is 26.2 Å². The summed E-state index contributed by atoms with van der Waals surface area (Å²) in [6, 6.07) is 0.360. The number of anilines is 2. The van der Waals surface area contributed by atoms with E-state index in [4.69, 9.17) is 4.74 Å². The molecule has 1 aromatic heterocycles. The summed E-state index contributed by atoms with van der Waals surface area (Å²) in [6.45, 7) is 4.13. The lowest BCUT2D eigenvalue weighted by Gasteiger charge is -2.35. The molecule has 1 amide bonds. The van der Waals surface area contributed by atoms with Gasteiger partial charge in [-0.2, -0.15) is 0 Å². The molecule has 0 bridgehead atoms. The molecule has 136 valence electrons. The molecule has 0 radical (unpaired) electrons. The lowest BCUT2D eigenvalue weighted by molar-refractivity contribution is -0.133. The first-order valence-electron chi connectivity index (χ1n) is 9.41.